The van der Waals surface area contributed by atoms with Crippen LogP contribution in [0, 0.1) is 6.92 Å². The quantitative estimate of drug-likeness (QED) is 0.403. The maximum Gasteiger partial charge on any atom is 0.174 e. The molecule has 0 spiro atoms. The molecule has 4 aromatic rings. The third kappa shape index (κ3) is 3.85. The Balaban J connectivity index is 1.48. The Morgan fingerprint density at radius 2 is 1.75 bits per heavy atom. The van der Waals surface area contributed by atoms with Crippen molar-refractivity contribution in [1.29, 1.82) is 0 Å². The number of anilines is 1. The molecule has 3 heterocycles. The number of para-hydroxylation sites is 1. The highest BCUT2D eigenvalue weighted by molar-refractivity contribution is 7.80. The van der Waals surface area contributed by atoms with Crippen LogP contribution in [0.15, 0.2) is 91.4 Å². The lowest BCUT2D eigenvalue weighted by molar-refractivity contribution is 0.479. The molecule has 0 radical (unpaired) electrons. The van der Waals surface area contributed by atoms with Gasteiger partial charge in [0.1, 0.15) is 11.5 Å². The molecule has 6 heteroatoms. The molecule has 32 heavy (non-hydrogen) atoms. The van der Waals surface area contributed by atoms with E-state index in [-0.39, 0.29) is 12.1 Å². The molecule has 1 saturated heterocycles. The summed E-state index contributed by atoms with van der Waals surface area (Å²) >= 11 is 5.79. The second-order valence-electron chi connectivity index (χ2n) is 7.97. The first kappa shape index (κ1) is 20.3. The van der Waals surface area contributed by atoms with Crippen LogP contribution in [-0.4, -0.2) is 14.7 Å². The van der Waals surface area contributed by atoms with Crippen molar-refractivity contribution in [3.05, 3.63) is 108 Å². The van der Waals surface area contributed by atoms with Gasteiger partial charge in [0.2, 0.25) is 0 Å². The summed E-state index contributed by atoms with van der Waals surface area (Å²) in [6.07, 6.45) is 6.02. The fraction of sp³-hybridized carbons (Fsp3) is 0.154. The SMILES string of the molecule is Cc1ccccc1Oc1ccc(N2C(=S)NC(c3ccccn3)C2c2ccn(C)c2)cc1. The van der Waals surface area contributed by atoms with Gasteiger partial charge in [-0.1, -0.05) is 24.3 Å². The molecular formula is C26H24N4OS. The maximum absolute atomic E-state index is 6.08. The van der Waals surface area contributed by atoms with E-state index in [0.29, 0.717) is 5.11 Å². The highest BCUT2D eigenvalue weighted by Gasteiger charge is 2.40. The Morgan fingerprint density at radius 1 is 0.969 bits per heavy atom. The summed E-state index contributed by atoms with van der Waals surface area (Å²) in [5.74, 6) is 1.65. The van der Waals surface area contributed by atoms with Gasteiger partial charge < -0.3 is 19.5 Å². The van der Waals surface area contributed by atoms with Gasteiger partial charge in [0, 0.05) is 31.3 Å². The van der Waals surface area contributed by atoms with Crippen molar-refractivity contribution < 1.29 is 4.74 Å². The second kappa shape index (κ2) is 8.48. The molecule has 2 aromatic carbocycles. The summed E-state index contributed by atoms with van der Waals surface area (Å²) in [5.41, 5.74) is 4.25. The third-order valence-electron chi connectivity index (χ3n) is 5.73. The molecule has 0 saturated carbocycles. The molecule has 0 bridgehead atoms. The van der Waals surface area contributed by atoms with Crippen LogP contribution in [0.3, 0.4) is 0 Å². The Bertz CT molecular complexity index is 1240. The number of rotatable bonds is 5. The van der Waals surface area contributed by atoms with Crippen LogP contribution >= 0.6 is 12.2 Å². The van der Waals surface area contributed by atoms with Crippen LogP contribution in [0.5, 0.6) is 11.5 Å². The average Bonchev–Trinajstić information content (AvgIpc) is 3.39. The normalized spacial score (nSPS) is 17.9. The first-order valence-corrected chi connectivity index (χ1v) is 11.0. The fourth-order valence-electron chi connectivity index (χ4n) is 4.14. The molecule has 1 N–H and O–H groups in total. The third-order valence-corrected chi connectivity index (χ3v) is 6.05. The molecule has 1 aliphatic rings. The highest BCUT2D eigenvalue weighted by Crippen LogP contribution is 2.42. The van der Waals surface area contributed by atoms with E-state index >= 15 is 0 Å². The molecule has 0 aliphatic carbocycles. The monoisotopic (exact) mass is 440 g/mol. The molecule has 5 nitrogen and oxygen atoms in total. The van der Waals surface area contributed by atoms with Crippen molar-refractivity contribution in [2.24, 2.45) is 7.05 Å². The van der Waals surface area contributed by atoms with E-state index in [1.54, 1.807) is 0 Å². The van der Waals surface area contributed by atoms with E-state index in [4.69, 9.17) is 17.0 Å². The van der Waals surface area contributed by atoms with Gasteiger partial charge in [-0.05, 0) is 78.8 Å². The summed E-state index contributed by atoms with van der Waals surface area (Å²) in [7, 11) is 2.03. The summed E-state index contributed by atoms with van der Waals surface area (Å²) < 4.78 is 8.14. The number of nitrogens with one attached hydrogen (secondary N) is 1. The molecule has 2 unspecified atom stereocenters. The lowest BCUT2D eigenvalue weighted by Crippen LogP contribution is -2.29. The number of aromatic nitrogens is 2. The minimum atomic E-state index is -0.0472. The summed E-state index contributed by atoms with van der Waals surface area (Å²) in [5, 5.41) is 4.18. The van der Waals surface area contributed by atoms with E-state index in [0.717, 1.165) is 28.4 Å². The Kier molecular flexibility index (Phi) is 5.37. The van der Waals surface area contributed by atoms with Crippen molar-refractivity contribution in [2.45, 2.75) is 19.0 Å². The maximum atomic E-state index is 6.08. The zero-order valence-electron chi connectivity index (χ0n) is 18.0. The standard InChI is InChI=1S/C26H24N4OS/c1-18-7-3-4-9-23(18)31-21-12-10-20(11-13-21)30-25(19-14-16-29(2)17-19)24(28-26(30)32)22-8-5-6-15-27-22/h3-17,24-25H,1-2H3,(H,28,32). The van der Waals surface area contributed by atoms with Crippen LogP contribution in [0.4, 0.5) is 5.69 Å². The molecule has 1 fully saturated rings. The molecule has 160 valence electrons. The number of pyridine rings is 1. The molecule has 2 atom stereocenters. The largest absolute Gasteiger partial charge is 0.457 e. The predicted molar refractivity (Wildman–Crippen MR) is 131 cm³/mol. The van der Waals surface area contributed by atoms with Gasteiger partial charge in [-0.15, -0.1) is 0 Å². The lowest BCUT2D eigenvalue weighted by Gasteiger charge is -2.27. The minimum Gasteiger partial charge on any atom is -0.457 e. The van der Waals surface area contributed by atoms with Crippen molar-refractivity contribution in [2.75, 3.05) is 4.90 Å². The first-order chi connectivity index (χ1) is 15.6. The van der Waals surface area contributed by atoms with Crippen LogP contribution in [0.2, 0.25) is 0 Å². The van der Waals surface area contributed by atoms with Gasteiger partial charge in [-0.3, -0.25) is 4.98 Å². The lowest BCUT2D eigenvalue weighted by atomic mass is 9.98. The number of hydrogen-bond acceptors (Lipinski definition) is 3. The number of benzene rings is 2. The topological polar surface area (TPSA) is 42.3 Å². The Morgan fingerprint density at radius 3 is 2.44 bits per heavy atom. The molecular weight excluding hydrogens is 416 g/mol. The fourth-order valence-corrected chi connectivity index (χ4v) is 4.49. The van der Waals surface area contributed by atoms with Crippen molar-refractivity contribution in [3.8, 4) is 11.5 Å². The van der Waals surface area contributed by atoms with Crippen molar-refractivity contribution in [3.63, 3.8) is 0 Å². The first-order valence-electron chi connectivity index (χ1n) is 10.6. The van der Waals surface area contributed by atoms with Crippen LogP contribution < -0.4 is 15.0 Å². The zero-order chi connectivity index (χ0) is 22.1. The minimum absolute atomic E-state index is 0.0123. The number of ether oxygens (including phenoxy) is 1. The number of thiocarbonyl (C=S) groups is 1. The zero-order valence-corrected chi connectivity index (χ0v) is 18.8. The summed E-state index contributed by atoms with van der Waals surface area (Å²) in [6.45, 7) is 2.04. The van der Waals surface area contributed by atoms with Crippen LogP contribution in [0.1, 0.15) is 28.9 Å². The second-order valence-corrected chi connectivity index (χ2v) is 8.36. The molecule has 2 aromatic heterocycles. The van der Waals surface area contributed by atoms with E-state index in [2.05, 4.69) is 50.4 Å². The Labute approximate surface area is 193 Å². The van der Waals surface area contributed by atoms with Gasteiger partial charge in [-0.2, -0.15) is 0 Å². The van der Waals surface area contributed by atoms with Crippen molar-refractivity contribution >= 4 is 23.0 Å². The molecule has 1 aliphatic heterocycles. The van der Waals surface area contributed by atoms with Gasteiger partial charge in [0.05, 0.1) is 17.8 Å². The van der Waals surface area contributed by atoms with Gasteiger partial charge in [0.15, 0.2) is 5.11 Å². The highest BCUT2D eigenvalue weighted by atomic mass is 32.1. The van der Waals surface area contributed by atoms with Gasteiger partial charge >= 0.3 is 0 Å². The molecule has 5 rings (SSSR count). The van der Waals surface area contributed by atoms with E-state index in [9.17, 15) is 0 Å². The number of nitrogens with zero attached hydrogens (tertiary/aromatic N) is 3. The number of hydrogen-bond donors (Lipinski definition) is 1. The summed E-state index contributed by atoms with van der Waals surface area (Å²) in [4.78, 5) is 6.77. The smallest absolute Gasteiger partial charge is 0.174 e. The summed E-state index contributed by atoms with van der Waals surface area (Å²) in [6, 6.07) is 24.1. The predicted octanol–water partition coefficient (Wildman–Crippen LogP) is 5.70. The van der Waals surface area contributed by atoms with Gasteiger partial charge in [-0.25, -0.2) is 0 Å². The van der Waals surface area contributed by atoms with E-state index in [1.807, 2.05) is 74.8 Å². The van der Waals surface area contributed by atoms with E-state index in [1.165, 1.54) is 5.56 Å². The van der Waals surface area contributed by atoms with E-state index < -0.39 is 0 Å². The van der Waals surface area contributed by atoms with Crippen LogP contribution in [0.25, 0.3) is 0 Å². The van der Waals surface area contributed by atoms with Gasteiger partial charge in [0.25, 0.3) is 0 Å². The van der Waals surface area contributed by atoms with Crippen molar-refractivity contribution in [1.82, 2.24) is 14.9 Å². The van der Waals surface area contributed by atoms with Crippen LogP contribution in [-0.2, 0) is 7.05 Å². The Hall–Kier alpha value is -3.64. The average molecular weight is 441 g/mol. The molecule has 0 amide bonds. The number of aryl methyl sites for hydroxylation is 2.